The summed E-state index contributed by atoms with van der Waals surface area (Å²) in [5.41, 5.74) is -0.0977. The molecule has 0 spiro atoms. The van der Waals surface area contributed by atoms with Crippen LogP contribution in [0.2, 0.25) is 0 Å². The number of likely N-dealkylation sites (tertiary alicyclic amines) is 1. The van der Waals surface area contributed by atoms with Gasteiger partial charge in [0.2, 0.25) is 11.8 Å². The predicted molar refractivity (Wildman–Crippen MR) is 96.2 cm³/mol. The van der Waals surface area contributed by atoms with Crippen molar-refractivity contribution in [2.75, 3.05) is 6.54 Å². The molecule has 1 heterocycles. The summed E-state index contributed by atoms with van der Waals surface area (Å²) >= 11 is 0. The van der Waals surface area contributed by atoms with E-state index in [0.717, 1.165) is 25.7 Å². The Morgan fingerprint density at radius 2 is 1.26 bits per heavy atom. The molecule has 0 aliphatic carbocycles. The molecule has 1 aliphatic heterocycles. The van der Waals surface area contributed by atoms with E-state index in [4.69, 9.17) is 0 Å². The van der Waals surface area contributed by atoms with Crippen LogP contribution in [0.4, 0.5) is 0 Å². The van der Waals surface area contributed by atoms with E-state index >= 15 is 0 Å². The van der Waals surface area contributed by atoms with Gasteiger partial charge in [-0.25, -0.2) is 0 Å². The fourth-order valence-electron chi connectivity index (χ4n) is 3.58. The van der Waals surface area contributed by atoms with Crippen LogP contribution in [-0.4, -0.2) is 23.3 Å². The number of unbranched alkanes of at least 4 members (excludes halogenated alkanes) is 8. The van der Waals surface area contributed by atoms with E-state index < -0.39 is 0 Å². The summed E-state index contributed by atoms with van der Waals surface area (Å²) in [5.74, 6) is 0.126. The molecule has 2 amide bonds. The lowest BCUT2D eigenvalue weighted by Crippen LogP contribution is -2.47. The van der Waals surface area contributed by atoms with Crippen LogP contribution in [0.3, 0.4) is 0 Å². The minimum absolute atomic E-state index is 0.0628. The molecule has 134 valence electrons. The van der Waals surface area contributed by atoms with Crippen molar-refractivity contribution in [2.24, 2.45) is 5.41 Å². The second-order valence-corrected chi connectivity index (χ2v) is 7.68. The third-order valence-electron chi connectivity index (χ3n) is 5.13. The number of hydrogen-bond donors (Lipinski definition) is 0. The van der Waals surface area contributed by atoms with Crippen LogP contribution in [0.15, 0.2) is 0 Å². The molecule has 0 aromatic carbocycles. The zero-order valence-corrected chi connectivity index (χ0v) is 15.7. The summed E-state index contributed by atoms with van der Waals surface area (Å²) < 4.78 is 0. The van der Waals surface area contributed by atoms with Crippen molar-refractivity contribution in [1.29, 1.82) is 0 Å². The Morgan fingerprint density at radius 3 is 1.83 bits per heavy atom. The summed E-state index contributed by atoms with van der Waals surface area (Å²) in [5, 5.41) is 0. The average Bonchev–Trinajstić information content (AvgIpc) is 2.49. The van der Waals surface area contributed by atoms with Gasteiger partial charge in [-0.05, 0) is 18.3 Å². The van der Waals surface area contributed by atoms with Gasteiger partial charge in [-0.15, -0.1) is 0 Å². The maximum Gasteiger partial charge on any atom is 0.229 e. The number of piperidine rings is 1. The molecule has 0 radical (unpaired) electrons. The van der Waals surface area contributed by atoms with Gasteiger partial charge < -0.3 is 0 Å². The first-order chi connectivity index (χ1) is 11.0. The van der Waals surface area contributed by atoms with E-state index in [-0.39, 0.29) is 17.2 Å². The molecular weight excluding hydrogens is 286 g/mol. The maximum absolute atomic E-state index is 12.4. The normalized spacial score (nSPS) is 17.8. The van der Waals surface area contributed by atoms with Gasteiger partial charge in [-0.2, -0.15) is 0 Å². The Hall–Kier alpha value is -0.860. The fourth-order valence-corrected chi connectivity index (χ4v) is 3.58. The number of nitrogens with zero attached hydrogens (tertiary/aromatic N) is 1. The van der Waals surface area contributed by atoms with Gasteiger partial charge in [0.25, 0.3) is 0 Å². The SMILES string of the molecule is CCCCCCCCN1C(=O)CC(C)(CCCCCC)CC1=O. The summed E-state index contributed by atoms with van der Waals surface area (Å²) in [6.07, 6.45) is 14.1. The fraction of sp³-hybridized carbons (Fsp3) is 0.900. The van der Waals surface area contributed by atoms with Gasteiger partial charge in [-0.1, -0.05) is 78.6 Å². The lowest BCUT2D eigenvalue weighted by Gasteiger charge is -2.37. The highest BCUT2D eigenvalue weighted by atomic mass is 16.2. The minimum Gasteiger partial charge on any atom is -0.283 e. The standard InChI is InChI=1S/C20H37NO2/c1-4-6-8-10-11-13-15-21-18(22)16-20(3,17-19(21)23)14-12-9-7-5-2/h4-17H2,1-3H3. The van der Waals surface area contributed by atoms with Gasteiger partial charge in [0, 0.05) is 19.4 Å². The van der Waals surface area contributed by atoms with Crippen molar-refractivity contribution >= 4 is 11.8 Å². The van der Waals surface area contributed by atoms with E-state index in [1.54, 1.807) is 0 Å². The van der Waals surface area contributed by atoms with Crippen molar-refractivity contribution < 1.29 is 9.59 Å². The van der Waals surface area contributed by atoms with E-state index in [1.165, 1.54) is 49.8 Å². The second-order valence-electron chi connectivity index (χ2n) is 7.68. The number of amides is 2. The molecule has 0 atom stereocenters. The van der Waals surface area contributed by atoms with E-state index in [1.807, 2.05) is 0 Å². The zero-order chi connectivity index (χ0) is 17.1. The molecule has 0 bridgehead atoms. The van der Waals surface area contributed by atoms with Crippen molar-refractivity contribution in [1.82, 2.24) is 4.90 Å². The Kier molecular flexibility index (Phi) is 9.50. The van der Waals surface area contributed by atoms with Crippen LogP contribution in [0.1, 0.15) is 104 Å². The lowest BCUT2D eigenvalue weighted by atomic mass is 9.75. The first-order valence-electron chi connectivity index (χ1n) is 9.85. The van der Waals surface area contributed by atoms with E-state index in [0.29, 0.717) is 19.4 Å². The highest BCUT2D eigenvalue weighted by Gasteiger charge is 2.39. The zero-order valence-electron chi connectivity index (χ0n) is 15.7. The third-order valence-corrected chi connectivity index (χ3v) is 5.13. The Balaban J connectivity index is 2.32. The number of carbonyl (C=O) groups excluding carboxylic acids is 2. The average molecular weight is 324 g/mol. The Morgan fingerprint density at radius 1 is 0.783 bits per heavy atom. The molecular formula is C20H37NO2. The molecule has 1 fully saturated rings. The van der Waals surface area contributed by atoms with Crippen LogP contribution in [0.25, 0.3) is 0 Å². The summed E-state index contributed by atoms with van der Waals surface area (Å²) in [7, 11) is 0. The monoisotopic (exact) mass is 323 g/mol. The molecule has 1 aliphatic rings. The molecule has 0 saturated carbocycles. The van der Waals surface area contributed by atoms with Crippen LogP contribution in [0.5, 0.6) is 0 Å². The largest absolute Gasteiger partial charge is 0.283 e. The van der Waals surface area contributed by atoms with Gasteiger partial charge >= 0.3 is 0 Å². The first kappa shape index (κ1) is 20.2. The van der Waals surface area contributed by atoms with Gasteiger partial charge in [0.15, 0.2) is 0 Å². The molecule has 23 heavy (non-hydrogen) atoms. The molecule has 0 aromatic heterocycles. The highest BCUT2D eigenvalue weighted by molar-refractivity contribution is 5.98. The van der Waals surface area contributed by atoms with Crippen molar-refractivity contribution in [3.63, 3.8) is 0 Å². The first-order valence-corrected chi connectivity index (χ1v) is 9.85. The maximum atomic E-state index is 12.4. The molecule has 1 saturated heterocycles. The third kappa shape index (κ3) is 7.50. The topological polar surface area (TPSA) is 37.4 Å². The molecule has 0 N–H and O–H groups in total. The minimum atomic E-state index is -0.0977. The van der Waals surface area contributed by atoms with Crippen molar-refractivity contribution in [3.05, 3.63) is 0 Å². The van der Waals surface area contributed by atoms with Crippen molar-refractivity contribution in [3.8, 4) is 0 Å². The Labute approximate surface area is 143 Å². The summed E-state index contributed by atoms with van der Waals surface area (Å²) in [4.78, 5) is 26.3. The Bertz CT molecular complexity index is 347. The number of hydrogen-bond acceptors (Lipinski definition) is 2. The second kappa shape index (κ2) is 10.8. The smallest absolute Gasteiger partial charge is 0.229 e. The predicted octanol–water partition coefficient (Wildman–Crippen LogP) is 5.47. The number of rotatable bonds is 12. The number of imide groups is 1. The summed E-state index contributed by atoms with van der Waals surface area (Å²) in [6, 6.07) is 0. The lowest BCUT2D eigenvalue weighted by molar-refractivity contribution is -0.153. The molecule has 0 aromatic rings. The molecule has 1 rings (SSSR count). The highest BCUT2D eigenvalue weighted by Crippen LogP contribution is 2.37. The van der Waals surface area contributed by atoms with Crippen molar-refractivity contribution in [2.45, 2.75) is 104 Å². The molecule has 3 heteroatoms. The van der Waals surface area contributed by atoms with Gasteiger partial charge in [-0.3, -0.25) is 14.5 Å². The van der Waals surface area contributed by atoms with E-state index in [9.17, 15) is 9.59 Å². The molecule has 3 nitrogen and oxygen atoms in total. The number of carbonyl (C=O) groups is 2. The van der Waals surface area contributed by atoms with Gasteiger partial charge in [0.1, 0.15) is 0 Å². The molecule has 0 unspecified atom stereocenters. The quantitative estimate of drug-likeness (QED) is 0.352. The van der Waals surface area contributed by atoms with Crippen LogP contribution in [0, 0.1) is 5.41 Å². The van der Waals surface area contributed by atoms with Crippen LogP contribution in [-0.2, 0) is 9.59 Å². The van der Waals surface area contributed by atoms with Crippen LogP contribution < -0.4 is 0 Å². The summed E-state index contributed by atoms with van der Waals surface area (Å²) in [6.45, 7) is 7.17. The van der Waals surface area contributed by atoms with Crippen LogP contribution >= 0.6 is 0 Å². The van der Waals surface area contributed by atoms with Gasteiger partial charge in [0.05, 0.1) is 0 Å². The van der Waals surface area contributed by atoms with E-state index in [2.05, 4.69) is 20.8 Å².